The van der Waals surface area contributed by atoms with E-state index < -0.39 is 0 Å². The molecule has 1 rings (SSSR count). The summed E-state index contributed by atoms with van der Waals surface area (Å²) < 4.78 is 10.4. The fourth-order valence-electron chi connectivity index (χ4n) is 1.64. The van der Waals surface area contributed by atoms with Gasteiger partial charge in [0.1, 0.15) is 0 Å². The molecule has 0 fully saturated rings. The van der Waals surface area contributed by atoms with E-state index >= 15 is 0 Å². The maximum Gasteiger partial charge on any atom is 0.227 e. The summed E-state index contributed by atoms with van der Waals surface area (Å²) in [5.41, 5.74) is 7.27. The van der Waals surface area contributed by atoms with Gasteiger partial charge in [-0.3, -0.25) is 4.79 Å². The van der Waals surface area contributed by atoms with Crippen LogP contribution in [0.2, 0.25) is 0 Å². The van der Waals surface area contributed by atoms with Crippen LogP contribution in [0.15, 0.2) is 24.3 Å². The summed E-state index contributed by atoms with van der Waals surface area (Å²) in [6.07, 6.45) is 0.00878. The monoisotopic (exact) mass is 266 g/mol. The van der Waals surface area contributed by atoms with Crippen LogP contribution >= 0.6 is 0 Å². The van der Waals surface area contributed by atoms with Gasteiger partial charge in [0.2, 0.25) is 5.91 Å². The van der Waals surface area contributed by atoms with E-state index in [1.54, 1.807) is 7.11 Å². The number of carbonyl (C=O) groups is 1. The highest BCUT2D eigenvalue weighted by Crippen LogP contribution is 2.12. The molecule has 1 aromatic carbocycles. The smallest absolute Gasteiger partial charge is 0.227 e. The third-order valence-electron chi connectivity index (χ3n) is 2.69. The average Bonchev–Trinajstić information content (AvgIpc) is 2.43. The van der Waals surface area contributed by atoms with E-state index in [0.29, 0.717) is 19.8 Å². The quantitative estimate of drug-likeness (QED) is 0.748. The first-order valence-corrected chi connectivity index (χ1v) is 6.39. The van der Waals surface area contributed by atoms with Crippen LogP contribution in [0.5, 0.6) is 0 Å². The summed E-state index contributed by atoms with van der Waals surface area (Å²) in [6, 6.07) is 7.60. The predicted molar refractivity (Wildman–Crippen MR) is 74.9 cm³/mol. The second-order valence-corrected chi connectivity index (χ2v) is 4.18. The van der Waals surface area contributed by atoms with E-state index in [1.165, 1.54) is 0 Å². The molecule has 1 aromatic rings. The summed E-state index contributed by atoms with van der Waals surface area (Å²) >= 11 is 0. The first-order chi connectivity index (χ1) is 9.19. The lowest BCUT2D eigenvalue weighted by molar-refractivity contribution is -0.118. The number of hydrogen-bond acceptors (Lipinski definition) is 4. The van der Waals surface area contributed by atoms with Crippen LogP contribution in [0.3, 0.4) is 0 Å². The Kier molecular flexibility index (Phi) is 7.10. The molecule has 0 spiro atoms. The zero-order valence-corrected chi connectivity index (χ0v) is 11.5. The lowest BCUT2D eigenvalue weighted by Crippen LogP contribution is -2.28. The Morgan fingerprint density at radius 3 is 2.89 bits per heavy atom. The third kappa shape index (κ3) is 5.83. The van der Waals surface area contributed by atoms with Gasteiger partial charge in [-0.2, -0.15) is 0 Å². The second-order valence-electron chi connectivity index (χ2n) is 4.18. The van der Waals surface area contributed by atoms with Crippen LogP contribution in [0, 0.1) is 0 Å². The van der Waals surface area contributed by atoms with Crippen LogP contribution in [-0.4, -0.2) is 32.3 Å². The van der Waals surface area contributed by atoms with Crippen molar-refractivity contribution >= 4 is 11.6 Å². The fraction of sp³-hybridized carbons (Fsp3) is 0.500. The van der Waals surface area contributed by atoms with Gasteiger partial charge in [0.25, 0.3) is 0 Å². The first kappa shape index (κ1) is 15.6. The molecule has 0 aliphatic heterocycles. The molecule has 1 unspecified atom stereocenters. The highest BCUT2D eigenvalue weighted by molar-refractivity contribution is 5.91. The van der Waals surface area contributed by atoms with E-state index in [0.717, 1.165) is 11.3 Å². The van der Waals surface area contributed by atoms with Gasteiger partial charge >= 0.3 is 0 Å². The number of anilines is 1. The number of nitrogens with one attached hydrogen (secondary N) is 1. The molecule has 0 aromatic heterocycles. The minimum Gasteiger partial charge on any atom is -0.380 e. The summed E-state index contributed by atoms with van der Waals surface area (Å²) in [5.74, 6) is -0.106. The number of methoxy groups -OCH3 is 1. The number of ether oxygens (including phenoxy) is 2. The van der Waals surface area contributed by atoms with Gasteiger partial charge < -0.3 is 20.5 Å². The lowest BCUT2D eigenvalue weighted by Gasteiger charge is -2.13. The van der Waals surface area contributed by atoms with Gasteiger partial charge in [0.05, 0.1) is 19.1 Å². The Labute approximate surface area is 114 Å². The molecule has 106 valence electrons. The SMILES string of the molecule is CCOCc1cccc(NC(=O)CC(CN)OC)c1. The van der Waals surface area contributed by atoms with Crippen molar-refractivity contribution in [3.63, 3.8) is 0 Å². The van der Waals surface area contributed by atoms with Gasteiger partial charge in [0.15, 0.2) is 0 Å². The van der Waals surface area contributed by atoms with Crippen LogP contribution in [0.25, 0.3) is 0 Å². The Bertz CT molecular complexity index is 392. The molecule has 0 saturated carbocycles. The van der Waals surface area contributed by atoms with E-state index in [4.69, 9.17) is 15.2 Å². The molecule has 19 heavy (non-hydrogen) atoms. The largest absolute Gasteiger partial charge is 0.380 e. The summed E-state index contributed by atoms with van der Waals surface area (Å²) in [7, 11) is 1.55. The molecular weight excluding hydrogens is 244 g/mol. The predicted octanol–water partition coefficient (Wildman–Crippen LogP) is 1.53. The first-order valence-electron chi connectivity index (χ1n) is 6.39. The van der Waals surface area contributed by atoms with Gasteiger partial charge in [-0.25, -0.2) is 0 Å². The van der Waals surface area contributed by atoms with Crippen molar-refractivity contribution in [2.45, 2.75) is 26.1 Å². The second kappa shape index (κ2) is 8.63. The average molecular weight is 266 g/mol. The van der Waals surface area contributed by atoms with Crippen molar-refractivity contribution in [3.8, 4) is 0 Å². The fourth-order valence-corrected chi connectivity index (χ4v) is 1.64. The maximum atomic E-state index is 11.8. The van der Waals surface area contributed by atoms with Crippen molar-refractivity contribution in [1.29, 1.82) is 0 Å². The van der Waals surface area contributed by atoms with Gasteiger partial charge in [-0.05, 0) is 24.6 Å². The number of benzene rings is 1. The molecule has 3 N–H and O–H groups in total. The molecule has 1 atom stereocenters. The number of carbonyl (C=O) groups excluding carboxylic acids is 1. The van der Waals surface area contributed by atoms with Crippen LogP contribution in [0.1, 0.15) is 18.9 Å². The zero-order valence-electron chi connectivity index (χ0n) is 11.5. The van der Waals surface area contributed by atoms with Crippen LogP contribution in [0.4, 0.5) is 5.69 Å². The Morgan fingerprint density at radius 1 is 1.47 bits per heavy atom. The number of rotatable bonds is 8. The highest BCUT2D eigenvalue weighted by Gasteiger charge is 2.11. The minimum atomic E-state index is -0.244. The molecule has 5 nitrogen and oxygen atoms in total. The minimum absolute atomic E-state index is 0.106. The third-order valence-corrected chi connectivity index (χ3v) is 2.69. The van der Waals surface area contributed by atoms with E-state index in [-0.39, 0.29) is 18.4 Å². The highest BCUT2D eigenvalue weighted by atomic mass is 16.5. The standard InChI is InChI=1S/C14H22N2O3/c1-3-19-10-11-5-4-6-12(7-11)16-14(17)8-13(9-15)18-2/h4-7,13H,3,8-10,15H2,1-2H3,(H,16,17). The van der Waals surface area contributed by atoms with Crippen molar-refractivity contribution in [3.05, 3.63) is 29.8 Å². The number of hydrogen-bond donors (Lipinski definition) is 2. The van der Waals surface area contributed by atoms with Gasteiger partial charge in [-0.15, -0.1) is 0 Å². The van der Waals surface area contributed by atoms with Crippen LogP contribution in [-0.2, 0) is 20.9 Å². The van der Waals surface area contributed by atoms with E-state index in [2.05, 4.69) is 5.32 Å². The normalized spacial score (nSPS) is 12.2. The molecule has 0 aliphatic rings. The zero-order chi connectivity index (χ0) is 14.1. The molecule has 0 radical (unpaired) electrons. The Morgan fingerprint density at radius 2 is 2.26 bits per heavy atom. The molecule has 0 bridgehead atoms. The molecule has 0 aliphatic carbocycles. The lowest BCUT2D eigenvalue weighted by atomic mass is 10.2. The van der Waals surface area contributed by atoms with Gasteiger partial charge in [-0.1, -0.05) is 12.1 Å². The van der Waals surface area contributed by atoms with Gasteiger partial charge in [0, 0.05) is 25.9 Å². The number of amides is 1. The topological polar surface area (TPSA) is 73.6 Å². The molecule has 0 saturated heterocycles. The maximum absolute atomic E-state index is 11.8. The summed E-state index contributed by atoms with van der Waals surface area (Å²) in [4.78, 5) is 11.8. The van der Waals surface area contributed by atoms with Crippen LogP contribution < -0.4 is 11.1 Å². The van der Waals surface area contributed by atoms with Crippen molar-refractivity contribution in [1.82, 2.24) is 0 Å². The molecule has 1 amide bonds. The van der Waals surface area contributed by atoms with Crippen molar-refractivity contribution in [2.75, 3.05) is 25.6 Å². The summed E-state index contributed by atoms with van der Waals surface area (Å²) in [5, 5.41) is 2.83. The molecule has 0 heterocycles. The molecular formula is C14H22N2O3. The Balaban J connectivity index is 2.53. The number of nitrogens with two attached hydrogens (primary N) is 1. The Hall–Kier alpha value is -1.43. The molecule has 5 heteroatoms. The summed E-state index contributed by atoms with van der Waals surface area (Å²) in [6.45, 7) is 3.49. The van der Waals surface area contributed by atoms with Crippen molar-refractivity contribution in [2.24, 2.45) is 5.73 Å². The van der Waals surface area contributed by atoms with E-state index in [9.17, 15) is 4.79 Å². The van der Waals surface area contributed by atoms with Crippen molar-refractivity contribution < 1.29 is 14.3 Å². The van der Waals surface area contributed by atoms with E-state index in [1.807, 2.05) is 31.2 Å².